The van der Waals surface area contributed by atoms with Crippen LogP contribution in [0.15, 0.2) is 18.2 Å². The van der Waals surface area contributed by atoms with Gasteiger partial charge in [-0.2, -0.15) is 0 Å². The normalized spacial score (nSPS) is 17.6. The number of hydrogen-bond acceptors (Lipinski definition) is 4. The Morgan fingerprint density at radius 2 is 2.23 bits per heavy atom. The highest BCUT2D eigenvalue weighted by Gasteiger charge is 2.15. The molecule has 1 fully saturated rings. The second-order valence-electron chi connectivity index (χ2n) is 6.98. The van der Waals surface area contributed by atoms with Crippen LogP contribution in [0.4, 0.5) is 5.69 Å². The summed E-state index contributed by atoms with van der Waals surface area (Å²) in [6.45, 7) is 10.8. The van der Waals surface area contributed by atoms with Crippen LogP contribution in [0, 0.1) is 12.8 Å². The third-order valence-electron chi connectivity index (χ3n) is 4.76. The van der Waals surface area contributed by atoms with E-state index < -0.39 is 0 Å². The largest absolute Gasteiger partial charge is 0.462 e. The number of carbonyl (C=O) groups is 1. The van der Waals surface area contributed by atoms with Crippen LogP contribution in [-0.4, -0.2) is 48.8 Å². The second-order valence-corrected chi connectivity index (χ2v) is 7.39. The van der Waals surface area contributed by atoms with Crippen molar-refractivity contribution in [3.63, 3.8) is 0 Å². The molecule has 1 saturated heterocycles. The SMILES string of the molecule is CCOC(=O)c1cccc(NC(=S)NCCCN2CCC[C@@H](C)C2)c1C. The maximum absolute atomic E-state index is 12.0. The lowest BCUT2D eigenvalue weighted by atomic mass is 10.0. The van der Waals surface area contributed by atoms with E-state index in [1.807, 2.05) is 19.1 Å². The summed E-state index contributed by atoms with van der Waals surface area (Å²) in [7, 11) is 0. The molecule has 0 bridgehead atoms. The molecule has 1 heterocycles. The van der Waals surface area contributed by atoms with Gasteiger partial charge in [-0.05, 0) is 82.0 Å². The Morgan fingerprint density at radius 1 is 1.42 bits per heavy atom. The second kappa shape index (κ2) is 10.5. The number of nitrogens with zero attached hydrogens (tertiary/aromatic N) is 1. The molecule has 0 radical (unpaired) electrons. The summed E-state index contributed by atoms with van der Waals surface area (Å²) in [6.07, 6.45) is 3.73. The van der Waals surface area contributed by atoms with Crippen molar-refractivity contribution in [3.8, 4) is 0 Å². The molecule has 1 aromatic carbocycles. The number of esters is 1. The molecule has 2 rings (SSSR count). The molecule has 0 aliphatic carbocycles. The summed E-state index contributed by atoms with van der Waals surface area (Å²) in [5, 5.41) is 7.04. The number of rotatable bonds is 7. The first-order valence-corrected chi connectivity index (χ1v) is 9.96. The molecule has 0 spiro atoms. The van der Waals surface area contributed by atoms with E-state index in [-0.39, 0.29) is 5.97 Å². The van der Waals surface area contributed by atoms with Gasteiger partial charge in [0.15, 0.2) is 5.11 Å². The van der Waals surface area contributed by atoms with Gasteiger partial charge in [0.25, 0.3) is 0 Å². The van der Waals surface area contributed by atoms with Gasteiger partial charge < -0.3 is 20.3 Å². The summed E-state index contributed by atoms with van der Waals surface area (Å²) >= 11 is 5.39. The van der Waals surface area contributed by atoms with Crippen LogP contribution >= 0.6 is 12.2 Å². The molecule has 0 unspecified atom stereocenters. The first kappa shape index (κ1) is 20.6. The number of piperidine rings is 1. The third-order valence-corrected chi connectivity index (χ3v) is 5.00. The highest BCUT2D eigenvalue weighted by atomic mass is 32.1. The molecule has 0 aromatic heterocycles. The Kier molecular flexibility index (Phi) is 8.32. The van der Waals surface area contributed by atoms with Crippen molar-refractivity contribution in [1.82, 2.24) is 10.2 Å². The van der Waals surface area contributed by atoms with E-state index in [4.69, 9.17) is 17.0 Å². The van der Waals surface area contributed by atoms with Gasteiger partial charge >= 0.3 is 5.97 Å². The zero-order valence-electron chi connectivity index (χ0n) is 16.1. The smallest absolute Gasteiger partial charge is 0.338 e. The van der Waals surface area contributed by atoms with E-state index >= 15 is 0 Å². The molecule has 26 heavy (non-hydrogen) atoms. The number of likely N-dealkylation sites (tertiary alicyclic amines) is 1. The molecular weight excluding hydrogens is 346 g/mol. The highest BCUT2D eigenvalue weighted by Crippen LogP contribution is 2.20. The molecule has 5 nitrogen and oxygen atoms in total. The predicted octanol–water partition coefficient (Wildman–Crippen LogP) is 3.58. The summed E-state index contributed by atoms with van der Waals surface area (Å²) in [6, 6.07) is 5.53. The Morgan fingerprint density at radius 3 is 2.96 bits per heavy atom. The number of carbonyl (C=O) groups excluding carboxylic acids is 1. The van der Waals surface area contributed by atoms with Gasteiger partial charge in [0, 0.05) is 18.8 Å². The van der Waals surface area contributed by atoms with Crippen LogP contribution in [0.25, 0.3) is 0 Å². The minimum atomic E-state index is -0.303. The minimum Gasteiger partial charge on any atom is -0.462 e. The van der Waals surface area contributed by atoms with Crippen molar-refractivity contribution in [2.45, 2.75) is 40.0 Å². The lowest BCUT2D eigenvalue weighted by Gasteiger charge is -2.30. The minimum absolute atomic E-state index is 0.303. The summed E-state index contributed by atoms with van der Waals surface area (Å²) in [5.74, 6) is 0.511. The van der Waals surface area contributed by atoms with E-state index in [2.05, 4.69) is 22.5 Å². The first-order chi connectivity index (χ1) is 12.5. The van der Waals surface area contributed by atoms with Crippen molar-refractivity contribution >= 4 is 29.0 Å². The molecule has 1 aliphatic rings. The van der Waals surface area contributed by atoms with Gasteiger partial charge in [0.1, 0.15) is 0 Å². The monoisotopic (exact) mass is 377 g/mol. The summed E-state index contributed by atoms with van der Waals surface area (Å²) in [5.41, 5.74) is 2.24. The summed E-state index contributed by atoms with van der Waals surface area (Å²) in [4.78, 5) is 14.5. The molecule has 1 atom stereocenters. The maximum Gasteiger partial charge on any atom is 0.338 e. The average molecular weight is 378 g/mol. The standard InChI is InChI=1S/C20H31N3O2S/c1-4-25-19(24)17-9-5-10-18(16(17)3)22-20(26)21-11-7-13-23-12-6-8-15(2)14-23/h5,9-10,15H,4,6-8,11-14H2,1-3H3,(H2,21,22,26)/t15-/m1/s1. The highest BCUT2D eigenvalue weighted by molar-refractivity contribution is 7.80. The number of hydrogen-bond donors (Lipinski definition) is 2. The van der Waals surface area contributed by atoms with Crippen molar-refractivity contribution in [2.24, 2.45) is 5.92 Å². The Labute approximate surface area is 162 Å². The number of nitrogens with one attached hydrogen (secondary N) is 2. The van der Waals surface area contributed by atoms with Crippen LogP contribution in [-0.2, 0) is 4.74 Å². The lowest BCUT2D eigenvalue weighted by molar-refractivity contribution is 0.0525. The van der Waals surface area contributed by atoms with Crippen LogP contribution < -0.4 is 10.6 Å². The number of ether oxygens (including phenoxy) is 1. The van der Waals surface area contributed by atoms with E-state index in [1.165, 1.54) is 25.9 Å². The van der Waals surface area contributed by atoms with Gasteiger partial charge in [-0.1, -0.05) is 13.0 Å². The quantitative estimate of drug-likeness (QED) is 0.430. The Hall–Kier alpha value is -1.66. The zero-order chi connectivity index (χ0) is 18.9. The first-order valence-electron chi connectivity index (χ1n) is 9.55. The zero-order valence-corrected chi connectivity index (χ0v) is 17.0. The molecule has 0 saturated carbocycles. The average Bonchev–Trinajstić information content (AvgIpc) is 2.61. The van der Waals surface area contributed by atoms with Crippen molar-refractivity contribution < 1.29 is 9.53 Å². The molecule has 1 aliphatic heterocycles. The van der Waals surface area contributed by atoms with Gasteiger partial charge in [0.05, 0.1) is 12.2 Å². The Bertz CT molecular complexity index is 621. The molecule has 6 heteroatoms. The third kappa shape index (κ3) is 6.25. The molecule has 2 N–H and O–H groups in total. The summed E-state index contributed by atoms with van der Waals surface area (Å²) < 4.78 is 5.09. The fourth-order valence-electron chi connectivity index (χ4n) is 3.36. The fraction of sp³-hybridized carbons (Fsp3) is 0.600. The van der Waals surface area contributed by atoms with E-state index in [9.17, 15) is 4.79 Å². The van der Waals surface area contributed by atoms with Crippen LogP contribution in [0.5, 0.6) is 0 Å². The predicted molar refractivity (Wildman–Crippen MR) is 111 cm³/mol. The van der Waals surface area contributed by atoms with Crippen molar-refractivity contribution in [2.75, 3.05) is 38.1 Å². The van der Waals surface area contributed by atoms with Crippen LogP contribution in [0.3, 0.4) is 0 Å². The fourth-order valence-corrected chi connectivity index (χ4v) is 3.57. The maximum atomic E-state index is 12.0. The van der Waals surface area contributed by atoms with Crippen LogP contribution in [0.2, 0.25) is 0 Å². The van der Waals surface area contributed by atoms with Gasteiger partial charge in [-0.25, -0.2) is 4.79 Å². The Balaban J connectivity index is 1.77. The number of benzene rings is 1. The number of thiocarbonyl (C=S) groups is 1. The van der Waals surface area contributed by atoms with Gasteiger partial charge in [-0.3, -0.25) is 0 Å². The topological polar surface area (TPSA) is 53.6 Å². The van der Waals surface area contributed by atoms with E-state index in [0.29, 0.717) is 17.3 Å². The van der Waals surface area contributed by atoms with Gasteiger partial charge in [0.2, 0.25) is 0 Å². The van der Waals surface area contributed by atoms with Gasteiger partial charge in [-0.15, -0.1) is 0 Å². The lowest BCUT2D eigenvalue weighted by Crippen LogP contribution is -2.37. The van der Waals surface area contributed by atoms with E-state index in [0.717, 1.165) is 36.7 Å². The van der Waals surface area contributed by atoms with Crippen molar-refractivity contribution in [3.05, 3.63) is 29.3 Å². The molecule has 144 valence electrons. The van der Waals surface area contributed by atoms with E-state index in [1.54, 1.807) is 13.0 Å². The molecule has 1 aromatic rings. The number of anilines is 1. The molecule has 0 amide bonds. The van der Waals surface area contributed by atoms with Crippen molar-refractivity contribution in [1.29, 1.82) is 0 Å². The van der Waals surface area contributed by atoms with Crippen LogP contribution in [0.1, 0.15) is 49.0 Å². The molecular formula is C20H31N3O2S.